The number of hydrogen-bond donors (Lipinski definition) is 2. The molecular weight excluding hydrogens is 439 g/mol. The Balaban J connectivity index is 1.43. The van der Waals surface area contributed by atoms with E-state index in [0.717, 1.165) is 6.42 Å². The number of piperidine rings is 1. The standard InChI is InChI=1S/C21H23FN4O3S2/c1-13-10-14(2)12-26(11-13)31(28,29)16-8-6-15(7-9-16)20(27)24-25-21-23-19-17(22)4-3-5-18(19)30-21/h3-9,13-14H,10-12H2,1-2H3,(H,23,25)(H,24,27). The van der Waals surface area contributed by atoms with Gasteiger partial charge in [0.25, 0.3) is 5.91 Å². The number of fused-ring (bicyclic) bond motifs is 1. The van der Waals surface area contributed by atoms with Gasteiger partial charge in [0.15, 0.2) is 0 Å². The zero-order valence-corrected chi connectivity index (χ0v) is 18.8. The number of para-hydroxylation sites is 1. The lowest BCUT2D eigenvalue weighted by Gasteiger charge is -2.34. The van der Waals surface area contributed by atoms with E-state index in [1.54, 1.807) is 12.1 Å². The van der Waals surface area contributed by atoms with E-state index >= 15 is 0 Å². The van der Waals surface area contributed by atoms with Crippen LogP contribution in [0.5, 0.6) is 0 Å². The summed E-state index contributed by atoms with van der Waals surface area (Å²) in [6, 6.07) is 10.5. The minimum Gasteiger partial charge on any atom is -0.273 e. The van der Waals surface area contributed by atoms with Crippen molar-refractivity contribution in [3.8, 4) is 0 Å². The van der Waals surface area contributed by atoms with Crippen LogP contribution in [0, 0.1) is 17.7 Å². The Labute approximate surface area is 184 Å². The van der Waals surface area contributed by atoms with Gasteiger partial charge in [0.2, 0.25) is 15.2 Å². The van der Waals surface area contributed by atoms with E-state index in [1.807, 2.05) is 0 Å². The monoisotopic (exact) mass is 462 g/mol. The predicted molar refractivity (Wildman–Crippen MR) is 119 cm³/mol. The lowest BCUT2D eigenvalue weighted by atomic mass is 9.94. The van der Waals surface area contributed by atoms with E-state index in [4.69, 9.17) is 0 Å². The molecule has 4 rings (SSSR count). The van der Waals surface area contributed by atoms with E-state index in [2.05, 4.69) is 29.7 Å². The molecule has 7 nitrogen and oxygen atoms in total. The van der Waals surface area contributed by atoms with Gasteiger partial charge in [0, 0.05) is 18.7 Å². The van der Waals surface area contributed by atoms with Crippen molar-refractivity contribution in [1.82, 2.24) is 14.7 Å². The second kappa shape index (κ2) is 8.52. The van der Waals surface area contributed by atoms with Gasteiger partial charge < -0.3 is 0 Å². The minimum absolute atomic E-state index is 0.167. The number of halogens is 1. The van der Waals surface area contributed by atoms with Crippen LogP contribution in [0.4, 0.5) is 9.52 Å². The molecule has 1 saturated heterocycles. The number of aromatic nitrogens is 1. The number of nitrogens with one attached hydrogen (secondary N) is 2. The Morgan fingerprint density at radius 2 is 1.81 bits per heavy atom. The van der Waals surface area contributed by atoms with Crippen LogP contribution < -0.4 is 10.9 Å². The van der Waals surface area contributed by atoms with Gasteiger partial charge in [-0.3, -0.25) is 15.6 Å². The van der Waals surface area contributed by atoms with Crippen LogP contribution in [-0.2, 0) is 10.0 Å². The summed E-state index contributed by atoms with van der Waals surface area (Å²) in [5.41, 5.74) is 5.71. The molecule has 1 aliphatic rings. The average molecular weight is 463 g/mol. The van der Waals surface area contributed by atoms with E-state index in [1.165, 1.54) is 46.0 Å². The van der Waals surface area contributed by atoms with Crippen LogP contribution in [-0.4, -0.2) is 36.7 Å². The maximum Gasteiger partial charge on any atom is 0.269 e. The summed E-state index contributed by atoms with van der Waals surface area (Å²) in [7, 11) is -3.60. The van der Waals surface area contributed by atoms with E-state index < -0.39 is 21.7 Å². The van der Waals surface area contributed by atoms with Crippen molar-refractivity contribution < 1.29 is 17.6 Å². The summed E-state index contributed by atoms with van der Waals surface area (Å²) >= 11 is 1.21. The topological polar surface area (TPSA) is 91.4 Å². The molecule has 2 aromatic carbocycles. The lowest BCUT2D eigenvalue weighted by molar-refractivity contribution is 0.0962. The van der Waals surface area contributed by atoms with Gasteiger partial charge in [-0.25, -0.2) is 17.8 Å². The van der Waals surface area contributed by atoms with Crippen molar-refractivity contribution in [2.45, 2.75) is 25.2 Å². The van der Waals surface area contributed by atoms with Gasteiger partial charge in [-0.05, 0) is 54.7 Å². The minimum atomic E-state index is -3.60. The molecule has 1 aromatic heterocycles. The first kappa shape index (κ1) is 21.7. The molecule has 0 bridgehead atoms. The summed E-state index contributed by atoms with van der Waals surface area (Å²) in [5.74, 6) is -0.261. The molecule has 1 aliphatic heterocycles. The van der Waals surface area contributed by atoms with Crippen molar-refractivity contribution in [3.05, 3.63) is 53.8 Å². The second-order valence-corrected chi connectivity index (χ2v) is 10.9. The molecule has 2 atom stereocenters. The normalized spacial score (nSPS) is 20.0. The molecule has 2 heterocycles. The summed E-state index contributed by atoms with van der Waals surface area (Å²) in [6.45, 7) is 5.11. The van der Waals surface area contributed by atoms with Gasteiger partial charge in [-0.1, -0.05) is 31.3 Å². The van der Waals surface area contributed by atoms with Crippen LogP contribution >= 0.6 is 11.3 Å². The Hall–Kier alpha value is -2.56. The summed E-state index contributed by atoms with van der Waals surface area (Å²) < 4.78 is 41.9. The third-order valence-corrected chi connectivity index (χ3v) is 8.02. The number of thiazole rings is 1. The maximum atomic E-state index is 13.8. The summed E-state index contributed by atoms with van der Waals surface area (Å²) in [4.78, 5) is 16.7. The number of anilines is 1. The average Bonchev–Trinajstić information content (AvgIpc) is 3.16. The fraction of sp³-hybridized carbons (Fsp3) is 0.333. The molecule has 0 aliphatic carbocycles. The molecule has 1 amide bonds. The molecule has 0 saturated carbocycles. The first-order valence-electron chi connectivity index (χ1n) is 9.95. The van der Waals surface area contributed by atoms with Crippen LogP contribution in [0.3, 0.4) is 0 Å². The third kappa shape index (κ3) is 4.56. The smallest absolute Gasteiger partial charge is 0.269 e. The zero-order chi connectivity index (χ0) is 22.2. The summed E-state index contributed by atoms with van der Waals surface area (Å²) in [5, 5.41) is 0.348. The van der Waals surface area contributed by atoms with Crippen molar-refractivity contribution >= 4 is 42.6 Å². The van der Waals surface area contributed by atoms with Gasteiger partial charge in [0.1, 0.15) is 11.3 Å². The fourth-order valence-corrected chi connectivity index (χ4v) is 6.39. The number of benzene rings is 2. The van der Waals surface area contributed by atoms with Crippen molar-refractivity contribution in [1.29, 1.82) is 0 Å². The Bertz CT molecular complexity index is 1200. The molecule has 31 heavy (non-hydrogen) atoms. The maximum absolute atomic E-state index is 13.8. The van der Waals surface area contributed by atoms with Crippen LogP contribution in [0.2, 0.25) is 0 Å². The summed E-state index contributed by atoms with van der Waals surface area (Å²) in [6.07, 6.45) is 1.01. The molecule has 2 unspecified atom stereocenters. The number of sulfonamides is 1. The van der Waals surface area contributed by atoms with Gasteiger partial charge in [-0.15, -0.1) is 0 Å². The van der Waals surface area contributed by atoms with Gasteiger partial charge >= 0.3 is 0 Å². The van der Waals surface area contributed by atoms with E-state index in [-0.39, 0.29) is 10.4 Å². The van der Waals surface area contributed by atoms with Crippen LogP contribution in [0.15, 0.2) is 47.4 Å². The largest absolute Gasteiger partial charge is 0.273 e. The zero-order valence-electron chi connectivity index (χ0n) is 17.1. The number of carbonyl (C=O) groups excluding carboxylic acids is 1. The number of amides is 1. The molecule has 164 valence electrons. The highest BCUT2D eigenvalue weighted by Crippen LogP contribution is 2.28. The van der Waals surface area contributed by atoms with Crippen molar-refractivity contribution in [2.24, 2.45) is 11.8 Å². The fourth-order valence-electron chi connectivity index (χ4n) is 3.88. The third-order valence-electron chi connectivity index (χ3n) is 5.24. The van der Waals surface area contributed by atoms with E-state index in [9.17, 15) is 17.6 Å². The molecule has 0 radical (unpaired) electrons. The number of rotatable bonds is 5. The molecular formula is C21H23FN4O3S2. The first-order valence-corrected chi connectivity index (χ1v) is 12.2. The molecule has 2 N–H and O–H groups in total. The number of nitrogens with zero attached hydrogens (tertiary/aromatic N) is 2. The quantitative estimate of drug-likeness (QED) is 0.562. The Morgan fingerprint density at radius 3 is 2.45 bits per heavy atom. The number of carbonyl (C=O) groups is 1. The van der Waals surface area contributed by atoms with E-state index in [0.29, 0.717) is 40.3 Å². The van der Waals surface area contributed by atoms with Crippen molar-refractivity contribution in [2.75, 3.05) is 18.5 Å². The molecule has 3 aromatic rings. The second-order valence-electron chi connectivity index (χ2n) is 7.98. The Kier molecular flexibility index (Phi) is 5.96. The van der Waals surface area contributed by atoms with Gasteiger partial charge in [-0.2, -0.15) is 4.31 Å². The number of hydrogen-bond acceptors (Lipinski definition) is 6. The number of hydrazine groups is 1. The predicted octanol–water partition coefficient (Wildman–Crippen LogP) is 3.86. The highest BCUT2D eigenvalue weighted by molar-refractivity contribution is 7.89. The van der Waals surface area contributed by atoms with Crippen molar-refractivity contribution in [3.63, 3.8) is 0 Å². The lowest BCUT2D eigenvalue weighted by Crippen LogP contribution is -2.42. The van der Waals surface area contributed by atoms with Crippen LogP contribution in [0.1, 0.15) is 30.6 Å². The SMILES string of the molecule is CC1CC(C)CN(S(=O)(=O)c2ccc(C(=O)NNc3nc4c(F)cccc4s3)cc2)C1. The first-order chi connectivity index (χ1) is 14.7. The highest BCUT2D eigenvalue weighted by Gasteiger charge is 2.31. The molecule has 0 spiro atoms. The van der Waals surface area contributed by atoms with Crippen LogP contribution in [0.25, 0.3) is 10.2 Å². The Morgan fingerprint density at radius 1 is 1.13 bits per heavy atom. The molecule has 10 heteroatoms. The van der Waals surface area contributed by atoms with Gasteiger partial charge in [0.05, 0.1) is 9.60 Å². The highest BCUT2D eigenvalue weighted by atomic mass is 32.2. The molecule has 1 fully saturated rings.